The largest absolute Gasteiger partial charge is 0.291 e. The summed E-state index contributed by atoms with van der Waals surface area (Å²) in [7, 11) is -4.11. The monoisotopic (exact) mass is 156 g/mol. The van der Waals surface area contributed by atoms with Crippen molar-refractivity contribution in [3.63, 3.8) is 0 Å². The molecule has 1 aromatic heterocycles. The maximum atomic E-state index is 10.3. The average molecular weight is 156 g/mol. The molecule has 0 fully saturated rings. The highest BCUT2D eigenvalue weighted by molar-refractivity contribution is 7.88. The van der Waals surface area contributed by atoms with E-state index in [1.165, 1.54) is 18.3 Å². The third-order valence-electron chi connectivity index (χ3n) is 0.902. The topological polar surface area (TPSA) is 69.3 Å². The zero-order valence-corrected chi connectivity index (χ0v) is 5.75. The fraction of sp³-hybridized carbons (Fsp3) is 0. The molecule has 0 amide bonds. The lowest BCUT2D eigenvalue weighted by Crippen LogP contribution is -2.02. The molecule has 0 saturated carbocycles. The van der Waals surface area contributed by atoms with Crippen LogP contribution < -0.4 is 5.14 Å². The van der Waals surface area contributed by atoms with Gasteiger partial charge in [0, 0.05) is 11.3 Å². The van der Waals surface area contributed by atoms with E-state index in [0.717, 1.165) is 0 Å². The Kier molecular flexibility index (Phi) is 1.69. The van der Waals surface area contributed by atoms with Gasteiger partial charge < -0.3 is 0 Å². The van der Waals surface area contributed by atoms with E-state index in [0.29, 0.717) is 0 Å². The molecular formula is C5H4N2O2S. The number of hydrogen-bond acceptors (Lipinski definition) is 3. The second kappa shape index (κ2) is 2.36. The van der Waals surface area contributed by atoms with E-state index in [2.05, 4.69) is 4.98 Å². The third-order valence-corrected chi connectivity index (χ3v) is 1.67. The van der Waals surface area contributed by atoms with Crippen LogP contribution in [0.15, 0.2) is 29.4 Å². The number of rotatable bonds is 1. The molecule has 0 saturated heterocycles. The first-order chi connectivity index (χ1) is 4.61. The second-order valence-corrected chi connectivity index (χ2v) is 3.01. The molecule has 0 aromatic carbocycles. The van der Waals surface area contributed by atoms with E-state index < -0.39 is 10.0 Å². The van der Waals surface area contributed by atoms with Crippen LogP contribution in [0.3, 0.4) is 0 Å². The molecule has 52 valence electrons. The number of pyridine rings is 1. The van der Waals surface area contributed by atoms with Gasteiger partial charge in [0.05, 0.1) is 0 Å². The Bertz CT molecular complexity index is 306. The molecule has 0 aliphatic carbocycles. The van der Waals surface area contributed by atoms with Gasteiger partial charge >= 0.3 is 0 Å². The fourth-order valence-electron chi connectivity index (χ4n) is 0.500. The van der Waals surface area contributed by atoms with Crippen LogP contribution in [0, 0.1) is 0 Å². The molecule has 0 bridgehead atoms. The van der Waals surface area contributed by atoms with Gasteiger partial charge in [-0.3, -0.25) is 0 Å². The standard InChI is InChI=1S/C5H4N2O2S/c6-10(8,9)5-3-1-2-4-7-5/h1-4H. The lowest BCUT2D eigenvalue weighted by atomic mass is 10.5. The first kappa shape index (κ1) is 7.17. The molecule has 4 nitrogen and oxygen atoms in total. The Balaban J connectivity index is 3.22. The molecule has 2 radical (unpaired) electrons. The van der Waals surface area contributed by atoms with E-state index in [1.807, 2.05) is 0 Å². The van der Waals surface area contributed by atoms with E-state index >= 15 is 0 Å². The highest BCUT2D eigenvalue weighted by atomic mass is 32.2. The van der Waals surface area contributed by atoms with Gasteiger partial charge in [-0.1, -0.05) is 6.07 Å². The van der Waals surface area contributed by atoms with Gasteiger partial charge in [-0.05, 0) is 12.1 Å². The van der Waals surface area contributed by atoms with E-state index in [4.69, 9.17) is 5.14 Å². The van der Waals surface area contributed by atoms with E-state index in [-0.39, 0.29) is 5.03 Å². The van der Waals surface area contributed by atoms with Crippen LogP contribution in [0.2, 0.25) is 0 Å². The predicted molar refractivity (Wildman–Crippen MR) is 33.6 cm³/mol. The highest BCUT2D eigenvalue weighted by Gasteiger charge is 2.09. The normalized spacial score (nSPS) is 11.3. The SMILES string of the molecule is [N]S(=O)(=O)c1ccccn1. The first-order valence-corrected chi connectivity index (χ1v) is 3.93. The zero-order valence-electron chi connectivity index (χ0n) is 4.93. The molecule has 0 aliphatic heterocycles. The zero-order chi connectivity index (χ0) is 7.61. The van der Waals surface area contributed by atoms with E-state index in [9.17, 15) is 8.42 Å². The summed E-state index contributed by atoms with van der Waals surface area (Å²) in [5.41, 5.74) is 0. The summed E-state index contributed by atoms with van der Waals surface area (Å²) in [6, 6.07) is 4.26. The predicted octanol–water partition coefficient (Wildman–Crippen LogP) is -0.161. The molecule has 0 spiro atoms. The van der Waals surface area contributed by atoms with Gasteiger partial charge in [0.25, 0.3) is 10.0 Å². The van der Waals surface area contributed by atoms with Crippen molar-refractivity contribution in [1.82, 2.24) is 10.1 Å². The number of hydrogen-bond donors (Lipinski definition) is 0. The van der Waals surface area contributed by atoms with Crippen LogP contribution in [0.4, 0.5) is 0 Å². The summed E-state index contributed by atoms with van der Waals surface area (Å²) in [4.78, 5) is 3.41. The van der Waals surface area contributed by atoms with Crippen LogP contribution in [0.25, 0.3) is 0 Å². The summed E-state index contributed by atoms with van der Waals surface area (Å²) in [5, 5.41) is 8.07. The number of sulfonamides is 1. The Morgan fingerprint density at radius 2 is 2.10 bits per heavy atom. The van der Waals surface area contributed by atoms with Crippen molar-refractivity contribution in [2.24, 2.45) is 0 Å². The van der Waals surface area contributed by atoms with Gasteiger partial charge in [-0.2, -0.15) is 0 Å². The molecule has 1 aromatic rings. The molecule has 0 N–H and O–H groups in total. The second-order valence-electron chi connectivity index (χ2n) is 1.64. The maximum Gasteiger partial charge on any atom is 0.291 e. The smallest absolute Gasteiger partial charge is 0.243 e. The van der Waals surface area contributed by atoms with Crippen LogP contribution in [0.1, 0.15) is 0 Å². The van der Waals surface area contributed by atoms with Crippen LogP contribution in [-0.2, 0) is 10.0 Å². The molecule has 0 unspecified atom stereocenters. The fourth-order valence-corrected chi connectivity index (χ4v) is 0.944. The van der Waals surface area contributed by atoms with Crippen molar-refractivity contribution in [2.75, 3.05) is 0 Å². The Morgan fingerprint density at radius 3 is 2.40 bits per heavy atom. The van der Waals surface area contributed by atoms with Crippen molar-refractivity contribution in [3.8, 4) is 0 Å². The minimum atomic E-state index is -4.11. The molecule has 10 heavy (non-hydrogen) atoms. The number of nitrogens with zero attached hydrogens (tertiary/aromatic N) is 2. The summed E-state index contributed by atoms with van der Waals surface area (Å²) in [6.45, 7) is 0. The summed E-state index contributed by atoms with van der Waals surface area (Å²) >= 11 is 0. The molecule has 5 heteroatoms. The quantitative estimate of drug-likeness (QED) is 0.567. The van der Waals surface area contributed by atoms with Crippen molar-refractivity contribution in [3.05, 3.63) is 24.4 Å². The maximum absolute atomic E-state index is 10.3. The summed E-state index contributed by atoms with van der Waals surface area (Å²) in [5.74, 6) is 0. The molecule has 0 atom stereocenters. The lowest BCUT2D eigenvalue weighted by molar-refractivity contribution is 0.592. The Morgan fingerprint density at radius 1 is 1.40 bits per heavy atom. The highest BCUT2D eigenvalue weighted by Crippen LogP contribution is 1.99. The van der Waals surface area contributed by atoms with Crippen LogP contribution >= 0.6 is 0 Å². The van der Waals surface area contributed by atoms with Gasteiger partial charge in [-0.15, -0.1) is 0 Å². The van der Waals surface area contributed by atoms with Crippen molar-refractivity contribution < 1.29 is 8.42 Å². The third kappa shape index (κ3) is 1.52. The Labute approximate surface area is 58.8 Å². The summed E-state index contributed by atoms with van der Waals surface area (Å²) < 4.78 is 20.7. The lowest BCUT2D eigenvalue weighted by Gasteiger charge is -1.89. The van der Waals surface area contributed by atoms with Gasteiger partial charge in [0.2, 0.25) is 0 Å². The molecular weight excluding hydrogens is 152 g/mol. The van der Waals surface area contributed by atoms with Gasteiger partial charge in [0.15, 0.2) is 5.03 Å². The van der Waals surface area contributed by atoms with Crippen LogP contribution in [-0.4, -0.2) is 13.4 Å². The van der Waals surface area contributed by atoms with Gasteiger partial charge in [-0.25, -0.2) is 13.4 Å². The minimum absolute atomic E-state index is 0.324. The van der Waals surface area contributed by atoms with Crippen molar-refractivity contribution in [2.45, 2.75) is 5.03 Å². The van der Waals surface area contributed by atoms with E-state index in [1.54, 1.807) is 6.07 Å². The molecule has 1 rings (SSSR count). The van der Waals surface area contributed by atoms with Crippen LogP contribution in [0.5, 0.6) is 0 Å². The van der Waals surface area contributed by atoms with Gasteiger partial charge in [0.1, 0.15) is 0 Å². The minimum Gasteiger partial charge on any atom is -0.243 e. The average Bonchev–Trinajstić information content (AvgIpc) is 1.88. The Hall–Kier alpha value is -0.940. The van der Waals surface area contributed by atoms with Crippen molar-refractivity contribution >= 4 is 10.0 Å². The van der Waals surface area contributed by atoms with Crippen molar-refractivity contribution in [1.29, 1.82) is 0 Å². The number of aromatic nitrogens is 1. The molecule has 1 heterocycles. The molecule has 0 aliphatic rings. The first-order valence-electron chi connectivity index (χ1n) is 2.49. The summed E-state index contributed by atoms with van der Waals surface area (Å²) in [6.07, 6.45) is 1.29.